The largest absolute Gasteiger partial charge is 0.388 e. The lowest BCUT2D eigenvalue weighted by Gasteiger charge is -2.10. The average molecular weight is 176 g/mol. The topological polar surface area (TPSA) is 24.1 Å². The summed E-state index contributed by atoms with van der Waals surface area (Å²) in [5.41, 5.74) is 2.60. The molecule has 0 spiro atoms. The molecule has 13 heavy (non-hydrogen) atoms. The fourth-order valence-electron chi connectivity index (χ4n) is 1.85. The van der Waals surface area contributed by atoms with E-state index in [1.165, 1.54) is 30.6 Å². The molecule has 0 aromatic heterocycles. The third-order valence-electron chi connectivity index (χ3n) is 2.66. The van der Waals surface area contributed by atoms with Gasteiger partial charge in [0.05, 0.1) is 0 Å². The van der Waals surface area contributed by atoms with Crippen molar-refractivity contribution in [3.63, 3.8) is 0 Å². The van der Waals surface area contributed by atoms with Crippen LogP contribution in [0, 0.1) is 0 Å². The maximum absolute atomic E-state index is 3.49. The smallest absolute Gasteiger partial charge is 0.0337 e. The number of hydrogen-bond acceptors (Lipinski definition) is 2. The summed E-state index contributed by atoms with van der Waals surface area (Å²) in [6, 6.07) is 9.26. The van der Waals surface area contributed by atoms with Crippen molar-refractivity contribution in [1.82, 2.24) is 5.32 Å². The Kier molecular flexibility index (Phi) is 2.50. The summed E-state index contributed by atoms with van der Waals surface area (Å²) in [5, 5.41) is 6.61. The van der Waals surface area contributed by atoms with Gasteiger partial charge < -0.3 is 10.6 Å². The molecule has 1 heterocycles. The highest BCUT2D eigenvalue weighted by Gasteiger charge is 2.15. The molecule has 1 atom stereocenters. The number of rotatable bonds is 2. The van der Waals surface area contributed by atoms with Crippen LogP contribution < -0.4 is 10.6 Å². The minimum atomic E-state index is 0.589. The molecule has 0 unspecified atom stereocenters. The molecule has 2 N–H and O–H groups in total. The second-order valence-corrected chi connectivity index (χ2v) is 3.52. The molecule has 0 radical (unpaired) electrons. The van der Waals surface area contributed by atoms with Gasteiger partial charge in [0.2, 0.25) is 0 Å². The van der Waals surface area contributed by atoms with E-state index in [9.17, 15) is 0 Å². The Hall–Kier alpha value is -1.02. The Morgan fingerprint density at radius 2 is 2.08 bits per heavy atom. The van der Waals surface area contributed by atoms with Crippen LogP contribution >= 0.6 is 0 Å². The lowest BCUT2D eigenvalue weighted by Crippen LogP contribution is -2.12. The van der Waals surface area contributed by atoms with Gasteiger partial charge in [0.25, 0.3) is 0 Å². The highest BCUT2D eigenvalue weighted by Crippen LogP contribution is 2.23. The van der Waals surface area contributed by atoms with Crippen LogP contribution in [0.1, 0.15) is 24.4 Å². The van der Waals surface area contributed by atoms with E-state index in [4.69, 9.17) is 0 Å². The lowest BCUT2D eigenvalue weighted by molar-refractivity contribution is 0.648. The van der Waals surface area contributed by atoms with Gasteiger partial charge in [-0.15, -0.1) is 0 Å². The van der Waals surface area contributed by atoms with Gasteiger partial charge >= 0.3 is 0 Å². The zero-order chi connectivity index (χ0) is 9.10. The van der Waals surface area contributed by atoms with Crippen molar-refractivity contribution in [3.8, 4) is 0 Å². The van der Waals surface area contributed by atoms with Crippen LogP contribution in [0.3, 0.4) is 0 Å². The van der Waals surface area contributed by atoms with Crippen molar-refractivity contribution in [2.45, 2.75) is 18.9 Å². The average Bonchev–Trinajstić information content (AvgIpc) is 2.71. The molecule has 1 aromatic carbocycles. The van der Waals surface area contributed by atoms with Crippen LogP contribution in [0.4, 0.5) is 5.69 Å². The van der Waals surface area contributed by atoms with Crippen LogP contribution in [0.15, 0.2) is 24.3 Å². The zero-order valence-corrected chi connectivity index (χ0v) is 8.01. The van der Waals surface area contributed by atoms with Gasteiger partial charge in [0.1, 0.15) is 0 Å². The Morgan fingerprint density at radius 3 is 2.62 bits per heavy atom. The Bertz CT molecular complexity index is 260. The summed E-state index contributed by atoms with van der Waals surface area (Å²) in [6.45, 7) is 1.17. The summed E-state index contributed by atoms with van der Waals surface area (Å²) < 4.78 is 0. The van der Waals surface area contributed by atoms with Crippen molar-refractivity contribution in [1.29, 1.82) is 0 Å². The molecular weight excluding hydrogens is 160 g/mol. The summed E-state index contributed by atoms with van der Waals surface area (Å²) >= 11 is 0. The van der Waals surface area contributed by atoms with E-state index >= 15 is 0 Å². The predicted octanol–water partition coefficient (Wildman–Crippen LogP) is 2.15. The van der Waals surface area contributed by atoms with Gasteiger partial charge in [-0.25, -0.2) is 0 Å². The Morgan fingerprint density at radius 1 is 1.31 bits per heavy atom. The third kappa shape index (κ3) is 1.83. The van der Waals surface area contributed by atoms with Gasteiger partial charge in [-0.2, -0.15) is 0 Å². The highest BCUT2D eigenvalue weighted by molar-refractivity contribution is 5.44. The number of nitrogens with one attached hydrogen (secondary N) is 2. The molecule has 1 fully saturated rings. The Balaban J connectivity index is 2.12. The van der Waals surface area contributed by atoms with Gasteiger partial charge in [-0.05, 0) is 37.1 Å². The van der Waals surface area contributed by atoms with Crippen LogP contribution in [-0.4, -0.2) is 13.6 Å². The number of anilines is 1. The second kappa shape index (κ2) is 3.79. The van der Waals surface area contributed by atoms with E-state index in [0.29, 0.717) is 6.04 Å². The molecule has 2 heteroatoms. The maximum Gasteiger partial charge on any atom is 0.0337 e. The Labute approximate surface area is 79.4 Å². The van der Waals surface area contributed by atoms with E-state index in [0.717, 1.165) is 0 Å². The summed E-state index contributed by atoms with van der Waals surface area (Å²) in [5.74, 6) is 0. The first kappa shape index (κ1) is 8.57. The zero-order valence-electron chi connectivity index (χ0n) is 8.01. The molecule has 1 aliphatic rings. The standard InChI is InChI=1S/C11H16N2/c1-12-10-6-4-9(5-7-10)11-3-2-8-13-11/h4-7,11-13H,2-3,8H2,1H3/t11-/m0/s1. The van der Waals surface area contributed by atoms with Crippen LogP contribution in [-0.2, 0) is 0 Å². The minimum absolute atomic E-state index is 0.589. The van der Waals surface area contributed by atoms with E-state index < -0.39 is 0 Å². The summed E-state index contributed by atoms with van der Waals surface area (Å²) in [6.07, 6.45) is 2.58. The van der Waals surface area contributed by atoms with Gasteiger partial charge in [-0.1, -0.05) is 12.1 Å². The maximum atomic E-state index is 3.49. The van der Waals surface area contributed by atoms with E-state index in [-0.39, 0.29) is 0 Å². The molecule has 2 rings (SSSR count). The summed E-state index contributed by atoms with van der Waals surface area (Å²) in [4.78, 5) is 0. The first-order valence-corrected chi connectivity index (χ1v) is 4.91. The predicted molar refractivity (Wildman–Crippen MR) is 56.0 cm³/mol. The molecule has 0 amide bonds. The van der Waals surface area contributed by atoms with Gasteiger partial charge in [-0.3, -0.25) is 0 Å². The lowest BCUT2D eigenvalue weighted by atomic mass is 10.1. The quantitative estimate of drug-likeness (QED) is 0.721. The number of benzene rings is 1. The van der Waals surface area contributed by atoms with Crippen LogP contribution in [0.25, 0.3) is 0 Å². The van der Waals surface area contributed by atoms with Crippen molar-refractivity contribution >= 4 is 5.69 Å². The molecule has 1 aliphatic heterocycles. The SMILES string of the molecule is CNc1ccc([C@@H]2CCCN2)cc1. The van der Waals surface area contributed by atoms with E-state index in [2.05, 4.69) is 34.9 Å². The second-order valence-electron chi connectivity index (χ2n) is 3.52. The van der Waals surface area contributed by atoms with Crippen molar-refractivity contribution in [2.24, 2.45) is 0 Å². The van der Waals surface area contributed by atoms with Gasteiger partial charge in [0, 0.05) is 18.8 Å². The fraction of sp³-hybridized carbons (Fsp3) is 0.455. The van der Waals surface area contributed by atoms with Gasteiger partial charge in [0.15, 0.2) is 0 Å². The molecule has 0 bridgehead atoms. The first-order valence-electron chi connectivity index (χ1n) is 4.91. The highest BCUT2D eigenvalue weighted by atomic mass is 14.9. The van der Waals surface area contributed by atoms with Crippen molar-refractivity contribution in [2.75, 3.05) is 18.9 Å². The number of hydrogen-bond donors (Lipinski definition) is 2. The van der Waals surface area contributed by atoms with Crippen LogP contribution in [0.5, 0.6) is 0 Å². The van der Waals surface area contributed by atoms with Crippen molar-refractivity contribution in [3.05, 3.63) is 29.8 Å². The fourth-order valence-corrected chi connectivity index (χ4v) is 1.85. The third-order valence-corrected chi connectivity index (χ3v) is 2.66. The van der Waals surface area contributed by atoms with E-state index in [1.807, 2.05) is 7.05 Å². The molecule has 0 aliphatic carbocycles. The molecule has 70 valence electrons. The monoisotopic (exact) mass is 176 g/mol. The molecule has 1 saturated heterocycles. The molecule has 1 aromatic rings. The van der Waals surface area contributed by atoms with E-state index in [1.54, 1.807) is 0 Å². The normalized spacial score (nSPS) is 21.8. The molecular formula is C11H16N2. The first-order chi connectivity index (χ1) is 6.40. The summed E-state index contributed by atoms with van der Waals surface area (Å²) in [7, 11) is 1.95. The molecule has 2 nitrogen and oxygen atoms in total. The molecule has 0 saturated carbocycles. The van der Waals surface area contributed by atoms with Crippen molar-refractivity contribution < 1.29 is 0 Å². The minimum Gasteiger partial charge on any atom is -0.388 e. The van der Waals surface area contributed by atoms with Crippen LogP contribution in [0.2, 0.25) is 0 Å².